The van der Waals surface area contributed by atoms with Crippen molar-refractivity contribution in [1.82, 2.24) is 4.90 Å². The molecule has 2 aromatic rings. The fourth-order valence-electron chi connectivity index (χ4n) is 3.47. The number of ketones is 1. The Balaban J connectivity index is 1.67. The van der Waals surface area contributed by atoms with Gasteiger partial charge in [0.05, 0.1) is 11.6 Å². The van der Waals surface area contributed by atoms with E-state index in [9.17, 15) is 9.59 Å². The molecule has 2 aromatic carbocycles. The predicted octanol–water partition coefficient (Wildman–Crippen LogP) is 3.91. The lowest BCUT2D eigenvalue weighted by Gasteiger charge is -2.31. The molecule has 1 fully saturated rings. The van der Waals surface area contributed by atoms with E-state index in [0.717, 1.165) is 16.7 Å². The number of carbonyl (C=O) groups excluding carboxylic acids is 2. The Bertz CT molecular complexity index is 887. The number of nitriles is 1. The van der Waals surface area contributed by atoms with Gasteiger partial charge < -0.3 is 4.90 Å². The van der Waals surface area contributed by atoms with Gasteiger partial charge in [0, 0.05) is 30.1 Å². The van der Waals surface area contributed by atoms with Gasteiger partial charge in [-0.3, -0.25) is 9.59 Å². The molecular formula is C22H22N2O2. The highest BCUT2D eigenvalue weighted by atomic mass is 16.2. The monoisotopic (exact) mass is 346 g/mol. The van der Waals surface area contributed by atoms with Crippen LogP contribution in [-0.2, 0) is 0 Å². The van der Waals surface area contributed by atoms with E-state index >= 15 is 0 Å². The number of Topliss-reactive ketones (excluding diaryl/α,β-unsaturated/α-hetero) is 1. The molecule has 3 rings (SSSR count). The number of rotatable bonds is 3. The quantitative estimate of drug-likeness (QED) is 0.792. The van der Waals surface area contributed by atoms with Crippen molar-refractivity contribution in [2.24, 2.45) is 5.92 Å². The molecule has 1 aliphatic heterocycles. The smallest absolute Gasteiger partial charge is 0.253 e. The second kappa shape index (κ2) is 7.53. The molecule has 0 unspecified atom stereocenters. The number of amides is 1. The molecule has 0 aromatic heterocycles. The molecule has 0 radical (unpaired) electrons. The van der Waals surface area contributed by atoms with E-state index in [1.54, 1.807) is 29.2 Å². The third-order valence-corrected chi connectivity index (χ3v) is 5.05. The van der Waals surface area contributed by atoms with Gasteiger partial charge >= 0.3 is 0 Å². The summed E-state index contributed by atoms with van der Waals surface area (Å²) >= 11 is 0. The van der Waals surface area contributed by atoms with Gasteiger partial charge in [0.25, 0.3) is 5.91 Å². The largest absolute Gasteiger partial charge is 0.339 e. The molecule has 0 aliphatic carbocycles. The predicted molar refractivity (Wildman–Crippen MR) is 100 cm³/mol. The van der Waals surface area contributed by atoms with Crippen LogP contribution >= 0.6 is 0 Å². The standard InChI is InChI=1S/C22H22N2O2/c1-15-6-7-16(2)20(12-15)21(25)18-8-10-24(11-9-18)22(26)19-5-3-4-17(13-19)14-23/h3-7,12-13,18H,8-11H2,1-2H3. The first-order valence-corrected chi connectivity index (χ1v) is 8.90. The minimum atomic E-state index is -0.0697. The van der Waals surface area contributed by atoms with E-state index in [1.165, 1.54) is 0 Å². The van der Waals surface area contributed by atoms with Crippen LogP contribution in [0.3, 0.4) is 0 Å². The summed E-state index contributed by atoms with van der Waals surface area (Å²) in [5, 5.41) is 8.99. The maximum Gasteiger partial charge on any atom is 0.253 e. The Labute approximate surface area is 154 Å². The number of benzene rings is 2. The summed E-state index contributed by atoms with van der Waals surface area (Å²) in [4.78, 5) is 27.3. The van der Waals surface area contributed by atoms with Crippen LogP contribution in [0.25, 0.3) is 0 Å². The zero-order valence-corrected chi connectivity index (χ0v) is 15.2. The van der Waals surface area contributed by atoms with Crippen LogP contribution in [-0.4, -0.2) is 29.7 Å². The lowest BCUT2D eigenvalue weighted by atomic mass is 9.86. The van der Waals surface area contributed by atoms with E-state index in [4.69, 9.17) is 5.26 Å². The van der Waals surface area contributed by atoms with Crippen LogP contribution in [0.2, 0.25) is 0 Å². The third-order valence-electron chi connectivity index (χ3n) is 5.05. The fourth-order valence-corrected chi connectivity index (χ4v) is 3.47. The summed E-state index contributed by atoms with van der Waals surface area (Å²) < 4.78 is 0. The molecular weight excluding hydrogens is 324 g/mol. The zero-order valence-electron chi connectivity index (χ0n) is 15.2. The van der Waals surface area contributed by atoms with Gasteiger partial charge in [0.2, 0.25) is 0 Å². The van der Waals surface area contributed by atoms with Crippen LogP contribution in [0.5, 0.6) is 0 Å². The maximum absolute atomic E-state index is 12.9. The van der Waals surface area contributed by atoms with E-state index in [-0.39, 0.29) is 17.6 Å². The van der Waals surface area contributed by atoms with E-state index < -0.39 is 0 Å². The van der Waals surface area contributed by atoms with Gasteiger partial charge in [0.15, 0.2) is 5.78 Å². The molecule has 26 heavy (non-hydrogen) atoms. The van der Waals surface area contributed by atoms with Crippen molar-refractivity contribution in [2.45, 2.75) is 26.7 Å². The molecule has 4 nitrogen and oxygen atoms in total. The Hall–Kier alpha value is -2.93. The normalized spacial score (nSPS) is 14.7. The SMILES string of the molecule is Cc1ccc(C)c(C(=O)C2CCN(C(=O)c3cccc(C#N)c3)CC2)c1. The highest BCUT2D eigenvalue weighted by molar-refractivity contribution is 5.99. The molecule has 0 spiro atoms. The molecule has 1 amide bonds. The molecule has 1 heterocycles. The number of likely N-dealkylation sites (tertiary alicyclic amines) is 1. The van der Waals surface area contributed by atoms with Crippen LogP contribution in [0.1, 0.15) is 50.2 Å². The van der Waals surface area contributed by atoms with Crippen molar-refractivity contribution in [2.75, 3.05) is 13.1 Å². The number of aryl methyl sites for hydroxylation is 2. The van der Waals surface area contributed by atoms with Crippen LogP contribution in [0, 0.1) is 31.1 Å². The van der Waals surface area contributed by atoms with Crippen molar-refractivity contribution in [1.29, 1.82) is 5.26 Å². The second-order valence-corrected chi connectivity index (χ2v) is 6.94. The Morgan fingerprint density at radius 2 is 1.81 bits per heavy atom. The molecule has 0 N–H and O–H groups in total. The topological polar surface area (TPSA) is 61.2 Å². The van der Waals surface area contributed by atoms with Crippen molar-refractivity contribution < 1.29 is 9.59 Å². The third kappa shape index (κ3) is 3.67. The van der Waals surface area contributed by atoms with Gasteiger partial charge in [-0.2, -0.15) is 5.26 Å². The van der Waals surface area contributed by atoms with Crippen molar-refractivity contribution in [3.63, 3.8) is 0 Å². The summed E-state index contributed by atoms with van der Waals surface area (Å²) in [7, 11) is 0. The van der Waals surface area contributed by atoms with E-state index in [0.29, 0.717) is 37.1 Å². The van der Waals surface area contributed by atoms with E-state index in [2.05, 4.69) is 6.07 Å². The number of carbonyl (C=O) groups is 2. The summed E-state index contributed by atoms with van der Waals surface area (Å²) in [6.07, 6.45) is 1.35. The second-order valence-electron chi connectivity index (χ2n) is 6.94. The van der Waals surface area contributed by atoms with Gasteiger partial charge in [-0.25, -0.2) is 0 Å². The first kappa shape index (κ1) is 17.9. The van der Waals surface area contributed by atoms with Crippen molar-refractivity contribution >= 4 is 11.7 Å². The number of hydrogen-bond acceptors (Lipinski definition) is 3. The van der Waals surface area contributed by atoms with Gasteiger partial charge in [-0.15, -0.1) is 0 Å². The number of nitrogens with zero attached hydrogens (tertiary/aromatic N) is 2. The minimum Gasteiger partial charge on any atom is -0.339 e. The zero-order chi connectivity index (χ0) is 18.7. The lowest BCUT2D eigenvalue weighted by Crippen LogP contribution is -2.40. The first-order chi connectivity index (χ1) is 12.5. The molecule has 4 heteroatoms. The average Bonchev–Trinajstić information content (AvgIpc) is 2.69. The number of piperidine rings is 1. The molecule has 0 atom stereocenters. The molecule has 0 bridgehead atoms. The molecule has 1 saturated heterocycles. The van der Waals surface area contributed by atoms with Gasteiger partial charge in [0.1, 0.15) is 0 Å². The Morgan fingerprint density at radius 3 is 2.50 bits per heavy atom. The Morgan fingerprint density at radius 1 is 1.08 bits per heavy atom. The highest BCUT2D eigenvalue weighted by Gasteiger charge is 2.29. The van der Waals surface area contributed by atoms with Crippen LogP contribution < -0.4 is 0 Å². The van der Waals surface area contributed by atoms with Crippen molar-refractivity contribution in [3.05, 3.63) is 70.3 Å². The van der Waals surface area contributed by atoms with Crippen LogP contribution in [0.4, 0.5) is 0 Å². The summed E-state index contributed by atoms with van der Waals surface area (Å²) in [6, 6.07) is 14.8. The molecule has 132 valence electrons. The number of hydrogen-bond donors (Lipinski definition) is 0. The maximum atomic E-state index is 12.9. The lowest BCUT2D eigenvalue weighted by molar-refractivity contribution is 0.0650. The van der Waals surface area contributed by atoms with Crippen LogP contribution in [0.15, 0.2) is 42.5 Å². The summed E-state index contributed by atoms with van der Waals surface area (Å²) in [6.45, 7) is 5.09. The average molecular weight is 346 g/mol. The highest BCUT2D eigenvalue weighted by Crippen LogP contribution is 2.25. The van der Waals surface area contributed by atoms with E-state index in [1.807, 2.05) is 32.0 Å². The molecule has 1 aliphatic rings. The van der Waals surface area contributed by atoms with Gasteiger partial charge in [-0.1, -0.05) is 23.8 Å². The fraction of sp³-hybridized carbons (Fsp3) is 0.318. The summed E-state index contributed by atoms with van der Waals surface area (Å²) in [5.41, 5.74) is 3.91. The Kier molecular flexibility index (Phi) is 5.18. The molecule has 0 saturated carbocycles. The first-order valence-electron chi connectivity index (χ1n) is 8.90. The van der Waals surface area contributed by atoms with Crippen molar-refractivity contribution in [3.8, 4) is 6.07 Å². The minimum absolute atomic E-state index is 0.0370. The summed E-state index contributed by atoms with van der Waals surface area (Å²) in [5.74, 6) is 0.0782. The van der Waals surface area contributed by atoms with Gasteiger partial charge in [-0.05, 0) is 56.5 Å².